The highest BCUT2D eigenvalue weighted by molar-refractivity contribution is 5.67. The molecular formula is C8H6F6N2. The molecule has 0 radical (unpaired) electrons. The van der Waals surface area contributed by atoms with Crippen molar-refractivity contribution in [3.05, 3.63) is 23.3 Å². The zero-order valence-corrected chi connectivity index (χ0v) is 7.58. The van der Waals surface area contributed by atoms with Crippen LogP contribution in [0.25, 0.3) is 0 Å². The smallest absolute Gasteiger partial charge is 0.398 e. The molecule has 2 nitrogen and oxygen atoms in total. The second-order valence-electron chi connectivity index (χ2n) is 2.99. The lowest BCUT2D eigenvalue weighted by Crippen LogP contribution is -2.17. The van der Waals surface area contributed by atoms with Crippen LogP contribution in [-0.4, -0.2) is 0 Å². The van der Waals surface area contributed by atoms with Crippen molar-refractivity contribution in [3.63, 3.8) is 0 Å². The van der Waals surface area contributed by atoms with E-state index in [-0.39, 0.29) is 0 Å². The summed E-state index contributed by atoms with van der Waals surface area (Å²) in [6.45, 7) is 0. The van der Waals surface area contributed by atoms with Crippen LogP contribution in [0.15, 0.2) is 12.1 Å². The topological polar surface area (TPSA) is 52.0 Å². The molecule has 16 heavy (non-hydrogen) atoms. The van der Waals surface area contributed by atoms with E-state index in [1.807, 2.05) is 0 Å². The van der Waals surface area contributed by atoms with E-state index in [0.717, 1.165) is 0 Å². The molecule has 0 amide bonds. The Kier molecular flexibility index (Phi) is 2.70. The highest BCUT2D eigenvalue weighted by Gasteiger charge is 2.41. The monoisotopic (exact) mass is 244 g/mol. The molecule has 0 unspecified atom stereocenters. The van der Waals surface area contributed by atoms with Crippen molar-refractivity contribution in [2.75, 3.05) is 11.5 Å². The molecule has 0 aliphatic heterocycles. The first-order valence-electron chi connectivity index (χ1n) is 3.87. The highest BCUT2D eigenvalue weighted by Crippen LogP contribution is 2.43. The minimum atomic E-state index is -5.02. The zero-order valence-electron chi connectivity index (χ0n) is 7.58. The summed E-state index contributed by atoms with van der Waals surface area (Å²) in [4.78, 5) is 0. The van der Waals surface area contributed by atoms with Crippen molar-refractivity contribution >= 4 is 11.4 Å². The summed E-state index contributed by atoms with van der Waals surface area (Å²) in [5, 5.41) is 0. The molecule has 0 atom stereocenters. The summed E-state index contributed by atoms with van der Waals surface area (Å²) in [6, 6.07) is 0.946. The maximum atomic E-state index is 12.4. The van der Waals surface area contributed by atoms with Crippen LogP contribution in [0, 0.1) is 0 Å². The third-order valence-electron chi connectivity index (χ3n) is 1.87. The van der Waals surface area contributed by atoms with Crippen LogP contribution in [0.2, 0.25) is 0 Å². The molecule has 8 heteroatoms. The van der Waals surface area contributed by atoms with E-state index >= 15 is 0 Å². The molecule has 0 saturated heterocycles. The van der Waals surface area contributed by atoms with E-state index in [2.05, 4.69) is 0 Å². The maximum absolute atomic E-state index is 12.4. The first-order valence-corrected chi connectivity index (χ1v) is 3.87. The lowest BCUT2D eigenvalue weighted by molar-refractivity contribution is -0.141. The Balaban J connectivity index is 3.52. The molecule has 1 rings (SSSR count). The molecule has 0 heterocycles. The van der Waals surface area contributed by atoms with Gasteiger partial charge in [-0.3, -0.25) is 0 Å². The van der Waals surface area contributed by atoms with Crippen LogP contribution in [0.1, 0.15) is 11.1 Å². The maximum Gasteiger partial charge on any atom is 0.420 e. The molecule has 0 aromatic heterocycles. The largest absolute Gasteiger partial charge is 0.420 e. The molecule has 0 spiro atoms. The van der Waals surface area contributed by atoms with Gasteiger partial charge < -0.3 is 11.5 Å². The standard InChI is InChI=1S/C8H6F6N2/c9-7(10,11)3-1-2-4(15)5(6(3)16)8(12,13)14/h1-2H,15-16H2. The number of nitrogens with two attached hydrogens (primary N) is 2. The van der Waals surface area contributed by atoms with E-state index in [1.165, 1.54) is 0 Å². The second-order valence-corrected chi connectivity index (χ2v) is 2.99. The normalized spacial score (nSPS) is 12.9. The minimum absolute atomic E-state index is 0.417. The van der Waals surface area contributed by atoms with Crippen LogP contribution in [0.5, 0.6) is 0 Å². The molecule has 0 aliphatic carbocycles. The number of halogens is 6. The third-order valence-corrected chi connectivity index (χ3v) is 1.87. The molecule has 0 bridgehead atoms. The summed E-state index contributed by atoms with van der Waals surface area (Å²) in [7, 11) is 0. The van der Waals surface area contributed by atoms with E-state index in [1.54, 1.807) is 0 Å². The van der Waals surface area contributed by atoms with Gasteiger partial charge in [0.1, 0.15) is 5.56 Å². The Morgan fingerprint density at radius 3 is 1.69 bits per heavy atom. The lowest BCUT2D eigenvalue weighted by Gasteiger charge is -2.17. The zero-order chi connectivity index (χ0) is 12.7. The predicted molar refractivity (Wildman–Crippen MR) is 45.3 cm³/mol. The molecular weight excluding hydrogens is 238 g/mol. The van der Waals surface area contributed by atoms with Crippen LogP contribution < -0.4 is 11.5 Å². The van der Waals surface area contributed by atoms with Gasteiger partial charge in [0.05, 0.1) is 11.3 Å². The van der Waals surface area contributed by atoms with Gasteiger partial charge in [0.15, 0.2) is 0 Å². The molecule has 1 aromatic rings. The Hall–Kier alpha value is -1.60. The van der Waals surface area contributed by atoms with Gasteiger partial charge in [-0.2, -0.15) is 26.3 Å². The number of hydrogen-bond acceptors (Lipinski definition) is 2. The van der Waals surface area contributed by atoms with E-state index < -0.39 is 34.9 Å². The fourth-order valence-corrected chi connectivity index (χ4v) is 1.20. The molecule has 0 fully saturated rings. The Morgan fingerprint density at radius 2 is 1.31 bits per heavy atom. The Morgan fingerprint density at radius 1 is 0.812 bits per heavy atom. The van der Waals surface area contributed by atoms with Gasteiger partial charge in [-0.15, -0.1) is 0 Å². The van der Waals surface area contributed by atoms with Gasteiger partial charge in [0.2, 0.25) is 0 Å². The van der Waals surface area contributed by atoms with Crippen molar-refractivity contribution < 1.29 is 26.3 Å². The van der Waals surface area contributed by atoms with Crippen LogP contribution in [0.3, 0.4) is 0 Å². The Bertz CT molecular complexity index is 406. The molecule has 90 valence electrons. The minimum Gasteiger partial charge on any atom is -0.398 e. The third kappa shape index (κ3) is 2.15. The summed E-state index contributed by atoms with van der Waals surface area (Å²) < 4.78 is 73.8. The van der Waals surface area contributed by atoms with E-state index in [9.17, 15) is 26.3 Å². The number of benzene rings is 1. The van der Waals surface area contributed by atoms with Crippen molar-refractivity contribution in [2.24, 2.45) is 0 Å². The number of nitrogen functional groups attached to an aromatic ring is 2. The molecule has 1 aromatic carbocycles. The fraction of sp³-hybridized carbons (Fsp3) is 0.250. The average molecular weight is 244 g/mol. The van der Waals surface area contributed by atoms with Gasteiger partial charge in [0.25, 0.3) is 0 Å². The number of rotatable bonds is 0. The van der Waals surface area contributed by atoms with Crippen LogP contribution in [-0.2, 0) is 12.4 Å². The van der Waals surface area contributed by atoms with Gasteiger partial charge in [0, 0.05) is 5.69 Å². The average Bonchev–Trinajstić information content (AvgIpc) is 1.97. The summed E-state index contributed by atoms with van der Waals surface area (Å²) >= 11 is 0. The Labute approximate surface area is 85.8 Å². The first-order chi connectivity index (χ1) is 7.05. The molecule has 4 N–H and O–H groups in total. The van der Waals surface area contributed by atoms with Gasteiger partial charge in [-0.25, -0.2) is 0 Å². The SMILES string of the molecule is Nc1ccc(C(F)(F)F)c(N)c1C(F)(F)F. The number of hydrogen-bond donors (Lipinski definition) is 2. The highest BCUT2D eigenvalue weighted by atomic mass is 19.4. The van der Waals surface area contributed by atoms with Gasteiger partial charge in [-0.05, 0) is 12.1 Å². The second kappa shape index (κ2) is 3.46. The van der Waals surface area contributed by atoms with Crippen molar-refractivity contribution in [1.82, 2.24) is 0 Å². The quantitative estimate of drug-likeness (QED) is 0.544. The molecule has 0 aliphatic rings. The lowest BCUT2D eigenvalue weighted by atomic mass is 10.0. The summed E-state index contributed by atoms with van der Waals surface area (Å²) in [6.07, 6.45) is -9.97. The summed E-state index contributed by atoms with van der Waals surface area (Å²) in [5.74, 6) is 0. The van der Waals surface area contributed by atoms with Crippen molar-refractivity contribution in [1.29, 1.82) is 0 Å². The van der Waals surface area contributed by atoms with Crippen molar-refractivity contribution in [2.45, 2.75) is 12.4 Å². The molecule has 0 saturated carbocycles. The fourth-order valence-electron chi connectivity index (χ4n) is 1.20. The van der Waals surface area contributed by atoms with E-state index in [0.29, 0.717) is 12.1 Å². The number of anilines is 2. The van der Waals surface area contributed by atoms with Crippen LogP contribution >= 0.6 is 0 Å². The van der Waals surface area contributed by atoms with E-state index in [4.69, 9.17) is 11.5 Å². The number of alkyl halides is 6. The van der Waals surface area contributed by atoms with Crippen molar-refractivity contribution in [3.8, 4) is 0 Å². The first kappa shape index (κ1) is 12.5. The van der Waals surface area contributed by atoms with Crippen LogP contribution in [0.4, 0.5) is 37.7 Å². The predicted octanol–water partition coefficient (Wildman–Crippen LogP) is 2.89. The summed E-state index contributed by atoms with van der Waals surface area (Å²) in [5.41, 5.74) is 4.35. The van der Waals surface area contributed by atoms with Gasteiger partial charge in [-0.1, -0.05) is 0 Å². The van der Waals surface area contributed by atoms with Gasteiger partial charge >= 0.3 is 12.4 Å².